The molecule has 108 valence electrons. The van der Waals surface area contributed by atoms with E-state index in [2.05, 4.69) is 4.98 Å². The summed E-state index contributed by atoms with van der Waals surface area (Å²) in [7, 11) is 0. The minimum absolute atomic E-state index is 0.167. The second-order valence-corrected chi connectivity index (χ2v) is 5.58. The first-order valence-electron chi connectivity index (χ1n) is 6.41. The first-order chi connectivity index (χ1) is 10.2. The van der Waals surface area contributed by atoms with Crippen LogP contribution in [0.15, 0.2) is 48.1 Å². The first-order valence-corrected chi connectivity index (χ1v) is 7.29. The second-order valence-electron chi connectivity index (χ2n) is 4.63. The summed E-state index contributed by atoms with van der Waals surface area (Å²) in [6.45, 7) is 0.327. The molecule has 0 radical (unpaired) electrons. The summed E-state index contributed by atoms with van der Waals surface area (Å²) in [6, 6.07) is 7.30. The van der Waals surface area contributed by atoms with Crippen LogP contribution in [0.4, 0.5) is 8.78 Å². The third-order valence-electron chi connectivity index (χ3n) is 3.23. The molecular weight excluding hydrogens is 292 g/mol. The number of nitrogens with zero attached hydrogens (tertiary/aromatic N) is 2. The van der Waals surface area contributed by atoms with Crippen LogP contribution in [0.5, 0.6) is 0 Å². The topological polar surface area (TPSA) is 43.8 Å². The Balaban J connectivity index is 1.87. The monoisotopic (exact) mass is 305 g/mol. The Morgan fingerprint density at radius 1 is 1.24 bits per heavy atom. The van der Waals surface area contributed by atoms with Crippen molar-refractivity contribution in [3.8, 4) is 10.7 Å². The van der Waals surface area contributed by atoms with Crippen molar-refractivity contribution in [2.24, 2.45) is 5.73 Å². The number of imidazole rings is 1. The van der Waals surface area contributed by atoms with Gasteiger partial charge in [0.25, 0.3) is 0 Å². The van der Waals surface area contributed by atoms with Gasteiger partial charge in [0.05, 0.1) is 10.9 Å². The molecule has 2 heterocycles. The van der Waals surface area contributed by atoms with Crippen LogP contribution in [0, 0.1) is 11.6 Å². The highest BCUT2D eigenvalue weighted by Crippen LogP contribution is 2.25. The van der Waals surface area contributed by atoms with Gasteiger partial charge in [0.1, 0.15) is 5.82 Å². The molecule has 0 fully saturated rings. The Bertz CT molecular complexity index is 737. The molecule has 6 heteroatoms. The third kappa shape index (κ3) is 2.72. The lowest BCUT2D eigenvalue weighted by Crippen LogP contribution is -2.19. The number of thiophene rings is 1. The summed E-state index contributed by atoms with van der Waals surface area (Å²) < 4.78 is 28.9. The van der Waals surface area contributed by atoms with Crippen LogP contribution in [0.25, 0.3) is 10.7 Å². The van der Waals surface area contributed by atoms with Gasteiger partial charge in [-0.25, -0.2) is 13.8 Å². The Morgan fingerprint density at radius 2 is 2.10 bits per heavy atom. The zero-order chi connectivity index (χ0) is 14.8. The number of halogens is 2. The molecule has 1 aromatic carbocycles. The van der Waals surface area contributed by atoms with E-state index >= 15 is 0 Å². The second kappa shape index (κ2) is 5.75. The van der Waals surface area contributed by atoms with Crippen LogP contribution >= 0.6 is 11.3 Å². The molecule has 1 unspecified atom stereocenters. The first kappa shape index (κ1) is 13.9. The van der Waals surface area contributed by atoms with Crippen LogP contribution in [-0.4, -0.2) is 9.55 Å². The molecule has 0 amide bonds. The van der Waals surface area contributed by atoms with Crippen molar-refractivity contribution in [2.45, 2.75) is 12.6 Å². The van der Waals surface area contributed by atoms with Crippen molar-refractivity contribution in [1.29, 1.82) is 0 Å². The van der Waals surface area contributed by atoms with E-state index < -0.39 is 17.7 Å². The zero-order valence-electron chi connectivity index (χ0n) is 11.0. The van der Waals surface area contributed by atoms with Crippen molar-refractivity contribution in [1.82, 2.24) is 9.55 Å². The van der Waals surface area contributed by atoms with Gasteiger partial charge in [-0.2, -0.15) is 0 Å². The highest BCUT2D eigenvalue weighted by Gasteiger charge is 2.17. The van der Waals surface area contributed by atoms with Gasteiger partial charge < -0.3 is 10.3 Å². The maximum atomic E-state index is 13.8. The number of rotatable bonds is 4. The molecule has 21 heavy (non-hydrogen) atoms. The number of hydrogen-bond acceptors (Lipinski definition) is 3. The fourth-order valence-corrected chi connectivity index (χ4v) is 2.94. The molecule has 0 aliphatic carbocycles. The van der Waals surface area contributed by atoms with Crippen LogP contribution in [0.1, 0.15) is 11.6 Å². The largest absolute Gasteiger partial charge is 0.328 e. The predicted octanol–water partition coefficient (Wildman–Crippen LogP) is 3.59. The minimum atomic E-state index is -0.886. The van der Waals surface area contributed by atoms with Gasteiger partial charge in [0, 0.05) is 24.5 Å². The van der Waals surface area contributed by atoms with Crippen molar-refractivity contribution in [3.05, 3.63) is 65.3 Å². The van der Waals surface area contributed by atoms with E-state index in [1.807, 2.05) is 22.1 Å². The Morgan fingerprint density at radius 3 is 2.86 bits per heavy atom. The maximum absolute atomic E-state index is 13.8. The summed E-state index contributed by atoms with van der Waals surface area (Å²) in [6.07, 6.45) is 3.45. The highest BCUT2D eigenvalue weighted by molar-refractivity contribution is 7.13. The molecule has 0 saturated carbocycles. The summed E-state index contributed by atoms with van der Waals surface area (Å²) >= 11 is 1.57. The summed E-state index contributed by atoms with van der Waals surface area (Å²) in [5.74, 6) is -0.993. The molecule has 0 aliphatic rings. The number of aromatic nitrogens is 2. The van der Waals surface area contributed by atoms with Gasteiger partial charge in [-0.1, -0.05) is 18.2 Å². The summed E-state index contributed by atoms with van der Waals surface area (Å²) in [4.78, 5) is 5.30. The average Bonchev–Trinajstić information content (AvgIpc) is 3.12. The Kier molecular flexibility index (Phi) is 3.81. The van der Waals surface area contributed by atoms with Gasteiger partial charge in [0.15, 0.2) is 11.6 Å². The van der Waals surface area contributed by atoms with Crippen molar-refractivity contribution < 1.29 is 8.78 Å². The molecule has 0 spiro atoms. The van der Waals surface area contributed by atoms with E-state index in [-0.39, 0.29) is 5.56 Å². The Labute approximate surface area is 124 Å². The van der Waals surface area contributed by atoms with E-state index in [9.17, 15) is 8.78 Å². The van der Waals surface area contributed by atoms with Crippen molar-refractivity contribution >= 4 is 11.3 Å². The van der Waals surface area contributed by atoms with Crippen molar-refractivity contribution in [2.75, 3.05) is 0 Å². The Hall–Kier alpha value is -2.05. The lowest BCUT2D eigenvalue weighted by atomic mass is 10.1. The molecular formula is C15H13F2N3S. The summed E-state index contributed by atoms with van der Waals surface area (Å²) in [5.41, 5.74) is 6.19. The number of hydrogen-bond donors (Lipinski definition) is 1. The normalized spacial score (nSPS) is 12.5. The number of nitrogens with two attached hydrogens (primary N) is 1. The van der Waals surface area contributed by atoms with E-state index in [0.717, 1.165) is 16.8 Å². The van der Waals surface area contributed by atoms with Crippen molar-refractivity contribution in [3.63, 3.8) is 0 Å². The van der Waals surface area contributed by atoms with Gasteiger partial charge in [-0.15, -0.1) is 11.3 Å². The van der Waals surface area contributed by atoms with Gasteiger partial charge in [-0.3, -0.25) is 0 Å². The van der Waals surface area contributed by atoms with E-state index in [0.29, 0.717) is 6.54 Å². The standard InChI is InChI=1S/C15H13F2N3S/c16-11-4-1-3-10(14(11)17)12(18)9-20-7-6-19-15(20)13-5-2-8-21-13/h1-8,12H,9,18H2. The van der Waals surface area contributed by atoms with E-state index in [1.165, 1.54) is 12.1 Å². The van der Waals surface area contributed by atoms with Crippen LogP contribution in [-0.2, 0) is 6.54 Å². The molecule has 2 aromatic heterocycles. The maximum Gasteiger partial charge on any atom is 0.163 e. The fraction of sp³-hybridized carbons (Fsp3) is 0.133. The van der Waals surface area contributed by atoms with E-state index in [1.54, 1.807) is 23.7 Å². The summed E-state index contributed by atoms with van der Waals surface area (Å²) in [5, 5.41) is 1.96. The van der Waals surface area contributed by atoms with Gasteiger partial charge >= 0.3 is 0 Å². The van der Waals surface area contributed by atoms with Gasteiger partial charge in [0.2, 0.25) is 0 Å². The SMILES string of the molecule is NC(Cn1ccnc1-c1cccs1)c1cccc(F)c1F. The fourth-order valence-electron chi connectivity index (χ4n) is 2.20. The van der Waals surface area contributed by atoms with Crippen LogP contribution in [0.2, 0.25) is 0 Å². The molecule has 2 N–H and O–H groups in total. The zero-order valence-corrected chi connectivity index (χ0v) is 11.9. The minimum Gasteiger partial charge on any atom is -0.328 e. The molecule has 0 saturated heterocycles. The molecule has 0 aliphatic heterocycles. The molecule has 1 atom stereocenters. The lowest BCUT2D eigenvalue weighted by molar-refractivity contribution is 0.475. The van der Waals surface area contributed by atoms with Crippen LogP contribution in [0.3, 0.4) is 0 Å². The molecule has 0 bridgehead atoms. The number of benzene rings is 1. The lowest BCUT2D eigenvalue weighted by Gasteiger charge is -2.15. The quantitative estimate of drug-likeness (QED) is 0.800. The van der Waals surface area contributed by atoms with E-state index in [4.69, 9.17) is 5.73 Å². The average molecular weight is 305 g/mol. The molecule has 3 nitrogen and oxygen atoms in total. The molecule has 3 rings (SSSR count). The third-order valence-corrected chi connectivity index (χ3v) is 4.10. The smallest absolute Gasteiger partial charge is 0.163 e. The van der Waals surface area contributed by atoms with Gasteiger partial charge in [-0.05, 0) is 17.5 Å². The predicted molar refractivity (Wildman–Crippen MR) is 78.8 cm³/mol. The molecule has 3 aromatic rings. The van der Waals surface area contributed by atoms with Crippen LogP contribution < -0.4 is 5.73 Å². The highest BCUT2D eigenvalue weighted by atomic mass is 32.1.